The van der Waals surface area contributed by atoms with Gasteiger partial charge in [0.15, 0.2) is 17.0 Å². The third-order valence-corrected chi connectivity index (χ3v) is 11.2. The molecular formula is C47H45ClFN3O5. The number of rotatable bonds is 14. The Morgan fingerprint density at radius 1 is 0.807 bits per heavy atom. The molecule has 0 saturated carbocycles. The van der Waals surface area contributed by atoms with Gasteiger partial charge in [0.05, 0.1) is 19.0 Å². The van der Waals surface area contributed by atoms with Crippen LogP contribution in [0.5, 0.6) is 23.0 Å². The van der Waals surface area contributed by atoms with Crippen LogP contribution in [0, 0.1) is 5.82 Å². The number of hydrogen-bond donors (Lipinski definition) is 0. The summed E-state index contributed by atoms with van der Waals surface area (Å²) in [5.41, 5.74) is 6.53. The zero-order valence-electron chi connectivity index (χ0n) is 31.7. The van der Waals surface area contributed by atoms with Crippen molar-refractivity contribution in [3.05, 3.63) is 176 Å². The van der Waals surface area contributed by atoms with Crippen molar-refractivity contribution in [1.82, 2.24) is 14.8 Å². The summed E-state index contributed by atoms with van der Waals surface area (Å²) in [6.07, 6.45) is 9.76. The molecular weight excluding hydrogens is 741 g/mol. The Hall–Kier alpha value is -5.51. The average Bonchev–Trinajstić information content (AvgIpc) is 3.26. The molecule has 1 aliphatic heterocycles. The van der Waals surface area contributed by atoms with Crippen molar-refractivity contribution in [1.29, 1.82) is 0 Å². The molecule has 8 rings (SSSR count). The van der Waals surface area contributed by atoms with Crippen molar-refractivity contribution in [3.63, 3.8) is 0 Å². The Balaban J connectivity index is 0.853. The molecule has 2 aromatic heterocycles. The first-order valence-electron chi connectivity index (χ1n) is 19.8. The fraction of sp³-hybridized carbons (Fsp3) is 0.298. The van der Waals surface area contributed by atoms with E-state index in [-0.39, 0.29) is 28.4 Å². The molecule has 0 amide bonds. The molecule has 2 aliphatic rings. The summed E-state index contributed by atoms with van der Waals surface area (Å²) < 4.78 is 39.1. The molecule has 292 valence electrons. The van der Waals surface area contributed by atoms with Crippen LogP contribution in [0.25, 0.3) is 0 Å². The van der Waals surface area contributed by atoms with E-state index < -0.39 is 11.8 Å². The molecule has 3 heterocycles. The number of aromatic nitrogens is 3. The van der Waals surface area contributed by atoms with Gasteiger partial charge in [0.1, 0.15) is 29.7 Å². The fourth-order valence-electron chi connectivity index (χ4n) is 7.85. The molecule has 0 spiro atoms. The van der Waals surface area contributed by atoms with E-state index in [2.05, 4.69) is 64.7 Å². The second-order valence-corrected chi connectivity index (χ2v) is 15.0. The van der Waals surface area contributed by atoms with Crippen LogP contribution in [0.4, 0.5) is 4.39 Å². The molecule has 3 atom stereocenters. The standard InChI is InChI=1S/C47H45ClFN3O5/c48-46-43(30-51-52(47(46)53)44-11-5-7-27-55-44)57-40-22-19-37(50-29-40)10-4-6-26-54-38-20-14-34(15-21-38)45-41(33-12-17-36(49)18-13-33)24-16-35-28-39(23-25-42(35)45)56-31-32-8-2-1-3-9-32/h1-3,8-9,12-15,17-23,25,28-30,41,44-45H,4-7,10-11,16,24,26-27,31H2/t41-,44?,45+/m1/s1. The third-order valence-electron chi connectivity index (χ3n) is 10.8. The van der Waals surface area contributed by atoms with E-state index in [0.29, 0.717) is 25.6 Å². The first kappa shape index (κ1) is 38.4. The van der Waals surface area contributed by atoms with Crippen LogP contribution in [0.1, 0.15) is 90.1 Å². The second kappa shape index (κ2) is 18.2. The highest BCUT2D eigenvalue weighted by molar-refractivity contribution is 6.31. The minimum Gasteiger partial charge on any atom is -0.494 e. The van der Waals surface area contributed by atoms with Crippen molar-refractivity contribution in [2.24, 2.45) is 0 Å². The maximum absolute atomic E-state index is 13.9. The van der Waals surface area contributed by atoms with Gasteiger partial charge in [-0.05, 0) is 134 Å². The van der Waals surface area contributed by atoms with E-state index in [9.17, 15) is 9.18 Å². The number of nitrogens with zero attached hydrogens (tertiary/aromatic N) is 3. The number of unbranched alkanes of at least 4 members (excludes halogenated alkanes) is 1. The van der Waals surface area contributed by atoms with E-state index in [1.807, 2.05) is 42.5 Å². The van der Waals surface area contributed by atoms with E-state index in [4.69, 9.17) is 30.5 Å². The van der Waals surface area contributed by atoms with Gasteiger partial charge in [0.2, 0.25) is 0 Å². The van der Waals surface area contributed by atoms with Gasteiger partial charge in [0.25, 0.3) is 5.56 Å². The Labute approximate surface area is 337 Å². The van der Waals surface area contributed by atoms with Crippen molar-refractivity contribution in [2.45, 2.75) is 76.0 Å². The van der Waals surface area contributed by atoms with Gasteiger partial charge in [0, 0.05) is 18.2 Å². The van der Waals surface area contributed by atoms with Gasteiger partial charge in [-0.3, -0.25) is 9.78 Å². The fourth-order valence-corrected chi connectivity index (χ4v) is 8.02. The first-order chi connectivity index (χ1) is 28.0. The zero-order valence-corrected chi connectivity index (χ0v) is 32.5. The molecule has 10 heteroatoms. The number of pyridine rings is 1. The predicted molar refractivity (Wildman–Crippen MR) is 218 cm³/mol. The lowest BCUT2D eigenvalue weighted by atomic mass is 9.69. The number of benzene rings is 4. The van der Waals surface area contributed by atoms with Gasteiger partial charge in [-0.25, -0.2) is 4.39 Å². The smallest absolute Gasteiger partial charge is 0.291 e. The highest BCUT2D eigenvalue weighted by Crippen LogP contribution is 2.47. The molecule has 0 radical (unpaired) electrons. The second-order valence-electron chi connectivity index (χ2n) is 14.7. The van der Waals surface area contributed by atoms with Gasteiger partial charge < -0.3 is 18.9 Å². The Kier molecular flexibility index (Phi) is 12.2. The first-order valence-corrected chi connectivity index (χ1v) is 20.2. The summed E-state index contributed by atoms with van der Waals surface area (Å²) in [7, 11) is 0. The van der Waals surface area contributed by atoms with Gasteiger partial charge >= 0.3 is 0 Å². The third kappa shape index (κ3) is 9.38. The van der Waals surface area contributed by atoms with E-state index in [0.717, 1.165) is 79.7 Å². The van der Waals surface area contributed by atoms with Crippen molar-refractivity contribution >= 4 is 11.6 Å². The van der Waals surface area contributed by atoms with Crippen LogP contribution in [0.3, 0.4) is 0 Å². The number of ether oxygens (including phenoxy) is 4. The molecule has 57 heavy (non-hydrogen) atoms. The number of halogens is 2. The average molecular weight is 786 g/mol. The lowest BCUT2D eigenvalue weighted by Gasteiger charge is -2.35. The van der Waals surface area contributed by atoms with E-state index in [1.165, 1.54) is 27.6 Å². The van der Waals surface area contributed by atoms with Crippen LogP contribution >= 0.6 is 11.6 Å². The van der Waals surface area contributed by atoms with Crippen molar-refractivity contribution in [2.75, 3.05) is 13.2 Å². The topological polar surface area (TPSA) is 84.7 Å². The zero-order chi connectivity index (χ0) is 39.0. The van der Waals surface area contributed by atoms with Crippen LogP contribution in [0.2, 0.25) is 5.02 Å². The summed E-state index contributed by atoms with van der Waals surface area (Å²) in [6.45, 7) is 1.70. The summed E-state index contributed by atoms with van der Waals surface area (Å²) in [5.74, 6) is 2.44. The summed E-state index contributed by atoms with van der Waals surface area (Å²) in [6, 6.07) is 35.8. The van der Waals surface area contributed by atoms with Gasteiger partial charge in [-0.15, -0.1) is 0 Å². The SMILES string of the molecule is O=c1c(Cl)c(Oc2ccc(CCCCOc3ccc([C@@H]4c5ccc(OCc6ccccc6)cc5CC[C@@H]4c4ccc(F)cc4)cc3)nc2)cnn1C1CCCCO1. The lowest BCUT2D eigenvalue weighted by Crippen LogP contribution is -2.31. The number of fused-ring (bicyclic) bond motifs is 1. The molecule has 0 bridgehead atoms. The van der Waals surface area contributed by atoms with Gasteiger partial charge in [-0.2, -0.15) is 9.78 Å². The molecule has 6 aromatic rings. The molecule has 1 saturated heterocycles. The number of hydrogen-bond acceptors (Lipinski definition) is 7. The Bertz CT molecular complexity index is 2300. The number of aryl methyl sites for hydroxylation is 2. The molecule has 8 nitrogen and oxygen atoms in total. The summed E-state index contributed by atoms with van der Waals surface area (Å²) in [5, 5.41) is 4.21. The monoisotopic (exact) mass is 785 g/mol. The largest absolute Gasteiger partial charge is 0.494 e. The molecule has 0 N–H and O–H groups in total. The van der Waals surface area contributed by atoms with Crippen LogP contribution in [0.15, 0.2) is 126 Å². The van der Waals surface area contributed by atoms with E-state index in [1.54, 1.807) is 18.3 Å². The summed E-state index contributed by atoms with van der Waals surface area (Å²) >= 11 is 6.36. The quantitative estimate of drug-likeness (QED) is 0.102. The Morgan fingerprint density at radius 3 is 2.37 bits per heavy atom. The Morgan fingerprint density at radius 2 is 1.60 bits per heavy atom. The van der Waals surface area contributed by atoms with Gasteiger partial charge in [-0.1, -0.05) is 72.3 Å². The highest BCUT2D eigenvalue weighted by atomic mass is 35.5. The van der Waals surface area contributed by atoms with Crippen LogP contribution < -0.4 is 19.8 Å². The summed E-state index contributed by atoms with van der Waals surface area (Å²) in [4.78, 5) is 17.4. The molecule has 1 unspecified atom stereocenters. The maximum Gasteiger partial charge on any atom is 0.291 e. The highest BCUT2D eigenvalue weighted by Gasteiger charge is 2.32. The minimum atomic E-state index is -0.436. The lowest BCUT2D eigenvalue weighted by molar-refractivity contribution is -0.0425. The molecule has 4 aromatic carbocycles. The maximum atomic E-state index is 13.9. The van der Waals surface area contributed by atoms with Crippen molar-refractivity contribution in [3.8, 4) is 23.0 Å². The molecule has 1 fully saturated rings. The van der Waals surface area contributed by atoms with Crippen LogP contribution in [-0.4, -0.2) is 28.0 Å². The van der Waals surface area contributed by atoms with E-state index >= 15 is 0 Å². The van der Waals surface area contributed by atoms with Crippen LogP contribution in [-0.2, 0) is 24.2 Å². The molecule has 1 aliphatic carbocycles. The van der Waals surface area contributed by atoms with Crippen molar-refractivity contribution < 1.29 is 23.3 Å². The predicted octanol–water partition coefficient (Wildman–Crippen LogP) is 10.8. The minimum absolute atomic E-state index is 0.0363. The normalized spacial score (nSPS) is 17.8.